The van der Waals surface area contributed by atoms with Gasteiger partial charge in [0.1, 0.15) is 0 Å². The van der Waals surface area contributed by atoms with E-state index in [1.165, 1.54) is 12.8 Å². The van der Waals surface area contributed by atoms with Gasteiger partial charge < -0.3 is 5.32 Å². The summed E-state index contributed by atoms with van der Waals surface area (Å²) >= 11 is 1.93. The van der Waals surface area contributed by atoms with Crippen LogP contribution in [0.3, 0.4) is 0 Å². The Labute approximate surface area is 117 Å². The average Bonchev–Trinajstić information content (AvgIpc) is 2.82. The molecule has 2 aliphatic heterocycles. The van der Waals surface area contributed by atoms with E-state index >= 15 is 0 Å². The minimum absolute atomic E-state index is 0.495. The van der Waals surface area contributed by atoms with Crippen LogP contribution in [0.4, 0.5) is 0 Å². The lowest BCUT2D eigenvalue weighted by atomic mass is 9.99. The summed E-state index contributed by atoms with van der Waals surface area (Å²) in [5.41, 5.74) is 0. The number of hydrogen-bond acceptors (Lipinski definition) is 4. The second-order valence-electron chi connectivity index (χ2n) is 5.15. The van der Waals surface area contributed by atoms with Gasteiger partial charge in [0, 0.05) is 33.6 Å². The van der Waals surface area contributed by atoms with Crippen molar-refractivity contribution in [2.24, 2.45) is 10.9 Å². The summed E-state index contributed by atoms with van der Waals surface area (Å²) in [6.07, 6.45) is 4.56. The third-order valence-electron chi connectivity index (χ3n) is 3.97. The predicted octanol–water partition coefficient (Wildman–Crippen LogP) is 2.39. The van der Waals surface area contributed by atoms with Crippen molar-refractivity contribution in [3.05, 3.63) is 0 Å². The van der Waals surface area contributed by atoms with Gasteiger partial charge in [-0.25, -0.2) is 0 Å². The number of thioether (sulfide) groups is 1. The standard InChI is InChI=1S/C13H24N2OS2/c1-3-10(4-2)12-9-14-13(17-12)15-11-5-7-18(16)8-6-11/h10-12H,3-9H2,1-2H3,(H,14,15). The summed E-state index contributed by atoms with van der Waals surface area (Å²) in [4.78, 5) is 4.64. The Morgan fingerprint density at radius 3 is 2.67 bits per heavy atom. The first-order valence-electron chi connectivity index (χ1n) is 7.05. The van der Waals surface area contributed by atoms with Crippen LogP contribution in [0.15, 0.2) is 4.99 Å². The van der Waals surface area contributed by atoms with Crippen molar-refractivity contribution in [3.63, 3.8) is 0 Å². The van der Waals surface area contributed by atoms with E-state index in [0.717, 1.165) is 42.0 Å². The van der Waals surface area contributed by atoms with Crippen LogP contribution >= 0.6 is 11.8 Å². The third-order valence-corrected chi connectivity index (χ3v) is 6.66. The number of hydrogen-bond donors (Lipinski definition) is 1. The van der Waals surface area contributed by atoms with Crippen molar-refractivity contribution in [1.29, 1.82) is 0 Å². The first kappa shape index (κ1) is 14.4. The average molecular weight is 288 g/mol. The molecule has 0 aromatic carbocycles. The highest BCUT2D eigenvalue weighted by Gasteiger charge is 2.27. The van der Waals surface area contributed by atoms with Gasteiger partial charge in [-0.3, -0.25) is 9.20 Å². The van der Waals surface area contributed by atoms with Crippen LogP contribution in [0.5, 0.6) is 0 Å². The number of nitrogens with one attached hydrogen (secondary N) is 1. The van der Waals surface area contributed by atoms with Crippen molar-refractivity contribution in [1.82, 2.24) is 5.32 Å². The first-order valence-corrected chi connectivity index (χ1v) is 9.42. The van der Waals surface area contributed by atoms with Crippen LogP contribution < -0.4 is 5.32 Å². The lowest BCUT2D eigenvalue weighted by Crippen LogP contribution is -2.38. The zero-order valence-electron chi connectivity index (χ0n) is 11.4. The Morgan fingerprint density at radius 1 is 1.39 bits per heavy atom. The number of nitrogens with zero attached hydrogens (tertiary/aromatic N) is 1. The molecule has 5 heteroatoms. The van der Waals surface area contributed by atoms with Gasteiger partial charge in [-0.15, -0.1) is 0 Å². The van der Waals surface area contributed by atoms with Gasteiger partial charge >= 0.3 is 0 Å². The van der Waals surface area contributed by atoms with Gasteiger partial charge in [0.2, 0.25) is 0 Å². The van der Waals surface area contributed by atoms with Crippen molar-refractivity contribution in [3.8, 4) is 0 Å². The molecule has 0 saturated carbocycles. The molecule has 0 aromatic rings. The molecule has 104 valence electrons. The molecule has 1 unspecified atom stereocenters. The van der Waals surface area contributed by atoms with E-state index in [9.17, 15) is 4.21 Å². The molecule has 0 radical (unpaired) electrons. The van der Waals surface area contributed by atoms with Crippen molar-refractivity contribution in [2.45, 2.75) is 50.8 Å². The van der Waals surface area contributed by atoms with E-state index in [4.69, 9.17) is 0 Å². The summed E-state index contributed by atoms with van der Waals surface area (Å²) in [5.74, 6) is 2.49. The van der Waals surface area contributed by atoms with E-state index in [0.29, 0.717) is 11.3 Å². The van der Waals surface area contributed by atoms with Gasteiger partial charge in [0.05, 0.1) is 6.54 Å². The van der Waals surface area contributed by atoms with Crippen LogP contribution in [-0.2, 0) is 10.8 Å². The molecular formula is C13H24N2OS2. The summed E-state index contributed by atoms with van der Waals surface area (Å²) in [7, 11) is -0.568. The molecule has 1 saturated heterocycles. The minimum Gasteiger partial charge on any atom is -0.362 e. The number of rotatable bonds is 4. The molecular weight excluding hydrogens is 264 g/mol. The molecule has 0 aromatic heterocycles. The molecule has 18 heavy (non-hydrogen) atoms. The second kappa shape index (κ2) is 6.94. The van der Waals surface area contributed by atoms with Gasteiger partial charge in [0.25, 0.3) is 0 Å². The van der Waals surface area contributed by atoms with Crippen molar-refractivity contribution >= 4 is 27.7 Å². The molecule has 3 nitrogen and oxygen atoms in total. The number of aliphatic imine (C=N–C) groups is 1. The van der Waals surface area contributed by atoms with E-state index < -0.39 is 10.8 Å². The summed E-state index contributed by atoms with van der Waals surface area (Å²) in [6.45, 7) is 5.52. The Morgan fingerprint density at radius 2 is 2.06 bits per heavy atom. The molecule has 2 aliphatic rings. The van der Waals surface area contributed by atoms with Gasteiger partial charge in [-0.05, 0) is 18.8 Å². The minimum atomic E-state index is -0.568. The molecule has 0 spiro atoms. The molecule has 1 fully saturated rings. The van der Waals surface area contributed by atoms with Gasteiger partial charge in [-0.1, -0.05) is 38.5 Å². The highest BCUT2D eigenvalue weighted by Crippen LogP contribution is 2.30. The SMILES string of the molecule is CCC(CC)C1CN=C(NC2CCS(=O)CC2)S1. The Balaban J connectivity index is 1.77. The second-order valence-corrected chi connectivity index (χ2v) is 8.07. The van der Waals surface area contributed by atoms with Crippen LogP contribution in [-0.4, -0.2) is 38.7 Å². The lowest BCUT2D eigenvalue weighted by molar-refractivity contribution is 0.479. The van der Waals surface area contributed by atoms with Crippen LogP contribution in [0.1, 0.15) is 39.5 Å². The maximum absolute atomic E-state index is 11.3. The summed E-state index contributed by atoms with van der Waals surface area (Å²) in [5, 5.41) is 5.35. The summed E-state index contributed by atoms with van der Waals surface area (Å²) < 4.78 is 11.3. The lowest BCUT2D eigenvalue weighted by Gasteiger charge is -2.24. The maximum atomic E-state index is 11.3. The molecule has 2 rings (SSSR count). The fraction of sp³-hybridized carbons (Fsp3) is 0.923. The van der Waals surface area contributed by atoms with Crippen molar-refractivity contribution in [2.75, 3.05) is 18.1 Å². The molecule has 2 heterocycles. The maximum Gasteiger partial charge on any atom is 0.157 e. The van der Waals surface area contributed by atoms with Crippen LogP contribution in [0, 0.1) is 5.92 Å². The van der Waals surface area contributed by atoms with Crippen molar-refractivity contribution < 1.29 is 4.21 Å². The van der Waals surface area contributed by atoms with E-state index in [2.05, 4.69) is 24.2 Å². The highest BCUT2D eigenvalue weighted by atomic mass is 32.2. The quantitative estimate of drug-likeness (QED) is 0.863. The zero-order chi connectivity index (χ0) is 13.0. The van der Waals surface area contributed by atoms with Crippen LogP contribution in [0.2, 0.25) is 0 Å². The fourth-order valence-electron chi connectivity index (χ4n) is 2.64. The third kappa shape index (κ3) is 3.73. The topological polar surface area (TPSA) is 41.5 Å². The van der Waals surface area contributed by atoms with Gasteiger partial charge in [0.15, 0.2) is 5.17 Å². The first-order chi connectivity index (χ1) is 8.72. The van der Waals surface area contributed by atoms with E-state index in [-0.39, 0.29) is 0 Å². The summed E-state index contributed by atoms with van der Waals surface area (Å²) in [6, 6.07) is 0.495. The monoisotopic (exact) mass is 288 g/mol. The molecule has 0 aliphatic carbocycles. The molecule has 1 atom stereocenters. The van der Waals surface area contributed by atoms with Crippen LogP contribution in [0.25, 0.3) is 0 Å². The molecule has 0 amide bonds. The fourth-order valence-corrected chi connectivity index (χ4v) is 5.34. The predicted molar refractivity (Wildman–Crippen MR) is 81.8 cm³/mol. The highest BCUT2D eigenvalue weighted by molar-refractivity contribution is 8.14. The largest absolute Gasteiger partial charge is 0.362 e. The van der Waals surface area contributed by atoms with E-state index in [1.807, 2.05) is 11.8 Å². The Kier molecular flexibility index (Phi) is 5.55. The molecule has 1 N–H and O–H groups in total. The smallest absolute Gasteiger partial charge is 0.157 e. The van der Waals surface area contributed by atoms with E-state index in [1.54, 1.807) is 0 Å². The molecule has 0 bridgehead atoms. The Hall–Kier alpha value is -0.0300. The normalized spacial score (nSPS) is 32.6. The number of amidine groups is 1. The van der Waals surface area contributed by atoms with Gasteiger partial charge in [-0.2, -0.15) is 0 Å². The zero-order valence-corrected chi connectivity index (χ0v) is 13.0. The Bertz CT molecular complexity index is 319.